The summed E-state index contributed by atoms with van der Waals surface area (Å²) in [6, 6.07) is 8.07. The molecule has 106 valence electrons. The number of amides is 1. The maximum absolute atomic E-state index is 12.5. The molecule has 1 amide bonds. The molecule has 1 aliphatic rings. The highest BCUT2D eigenvalue weighted by Crippen LogP contribution is 2.35. The highest BCUT2D eigenvalue weighted by atomic mass is 32.1. The van der Waals surface area contributed by atoms with Crippen LogP contribution in [0.15, 0.2) is 24.3 Å². The molecular weight excluding hydrogens is 270 g/mol. The Kier molecular flexibility index (Phi) is 3.72. The lowest BCUT2D eigenvalue weighted by Gasteiger charge is -2.20. The van der Waals surface area contributed by atoms with Gasteiger partial charge >= 0.3 is 0 Å². The first kappa shape index (κ1) is 13.5. The second-order valence-electron chi connectivity index (χ2n) is 5.69. The minimum absolute atomic E-state index is 0.235. The Morgan fingerprint density at radius 1 is 1.40 bits per heavy atom. The summed E-state index contributed by atoms with van der Waals surface area (Å²) in [5, 5.41) is 0.851. The van der Waals surface area contributed by atoms with Crippen molar-refractivity contribution < 1.29 is 9.69 Å². The molecule has 0 aliphatic heterocycles. The number of para-hydroxylation sites is 1. The number of rotatable bonds is 5. The van der Waals surface area contributed by atoms with E-state index in [9.17, 15) is 4.79 Å². The van der Waals surface area contributed by atoms with Gasteiger partial charge in [-0.15, -0.1) is 0 Å². The van der Waals surface area contributed by atoms with Crippen LogP contribution in [-0.4, -0.2) is 38.1 Å². The van der Waals surface area contributed by atoms with Crippen LogP contribution in [0.3, 0.4) is 0 Å². The monoisotopic (exact) mass is 290 g/mol. The number of hydrogen-bond donors (Lipinski definition) is 1. The number of carbonyl (C=O) groups is 1. The van der Waals surface area contributed by atoms with Crippen LogP contribution < -0.4 is 9.80 Å². The minimum Gasteiger partial charge on any atom is -0.338 e. The molecule has 1 aromatic heterocycles. The van der Waals surface area contributed by atoms with E-state index in [1.54, 1.807) is 11.3 Å². The molecule has 2 aromatic rings. The summed E-state index contributed by atoms with van der Waals surface area (Å²) >= 11 is 1.62. The normalized spacial score (nSPS) is 14.9. The maximum atomic E-state index is 12.5. The molecule has 1 saturated carbocycles. The topological polar surface area (TPSA) is 37.6 Å². The summed E-state index contributed by atoms with van der Waals surface area (Å²) in [6.07, 6.45) is 2.07. The Labute approximate surface area is 123 Å². The van der Waals surface area contributed by atoms with Gasteiger partial charge < -0.3 is 4.90 Å². The first-order valence-electron chi connectivity index (χ1n) is 7.11. The number of anilines is 1. The number of nitrogens with zero attached hydrogens (tertiary/aromatic N) is 2. The number of quaternary nitrogens is 1. The van der Waals surface area contributed by atoms with Gasteiger partial charge in [0.1, 0.15) is 0 Å². The van der Waals surface area contributed by atoms with E-state index >= 15 is 0 Å². The van der Waals surface area contributed by atoms with Gasteiger partial charge in [0.05, 0.1) is 37.4 Å². The molecule has 1 aromatic carbocycles. The van der Waals surface area contributed by atoms with Crippen molar-refractivity contribution in [2.24, 2.45) is 5.92 Å². The Morgan fingerprint density at radius 3 is 2.80 bits per heavy atom. The van der Waals surface area contributed by atoms with Crippen LogP contribution in [0.4, 0.5) is 5.13 Å². The summed E-state index contributed by atoms with van der Waals surface area (Å²) < 4.78 is 1.15. The Balaban J connectivity index is 1.88. The zero-order valence-electron chi connectivity index (χ0n) is 11.9. The first-order chi connectivity index (χ1) is 9.65. The molecule has 4 nitrogen and oxygen atoms in total. The van der Waals surface area contributed by atoms with Gasteiger partial charge in [0, 0.05) is 5.92 Å². The van der Waals surface area contributed by atoms with E-state index in [1.807, 2.05) is 23.1 Å². The van der Waals surface area contributed by atoms with E-state index in [0.29, 0.717) is 0 Å². The Bertz CT molecular complexity index is 585. The van der Waals surface area contributed by atoms with E-state index in [1.165, 1.54) is 4.90 Å². The van der Waals surface area contributed by atoms with E-state index in [4.69, 9.17) is 0 Å². The van der Waals surface area contributed by atoms with Crippen LogP contribution in [0, 0.1) is 5.92 Å². The second kappa shape index (κ2) is 5.50. The molecular formula is C15H20N3OS+. The lowest BCUT2D eigenvalue weighted by molar-refractivity contribution is -0.856. The number of carbonyl (C=O) groups excluding carboxylic acids is 1. The number of aromatic nitrogens is 1. The molecule has 0 atom stereocenters. The molecule has 3 rings (SSSR count). The number of hydrogen-bond acceptors (Lipinski definition) is 3. The quantitative estimate of drug-likeness (QED) is 0.898. The molecule has 1 heterocycles. The van der Waals surface area contributed by atoms with Gasteiger partial charge in [-0.3, -0.25) is 9.69 Å². The molecule has 5 heteroatoms. The van der Waals surface area contributed by atoms with Gasteiger partial charge in [-0.05, 0) is 25.0 Å². The molecule has 0 radical (unpaired) electrons. The zero-order chi connectivity index (χ0) is 14.1. The summed E-state index contributed by atoms with van der Waals surface area (Å²) in [5.74, 6) is 0.490. The van der Waals surface area contributed by atoms with Crippen LogP contribution in [0.25, 0.3) is 10.2 Å². The van der Waals surface area contributed by atoms with Crippen LogP contribution in [0.2, 0.25) is 0 Å². The smallest absolute Gasteiger partial charge is 0.232 e. The van der Waals surface area contributed by atoms with E-state index in [2.05, 4.69) is 25.1 Å². The van der Waals surface area contributed by atoms with E-state index in [0.717, 1.165) is 41.3 Å². The van der Waals surface area contributed by atoms with Gasteiger partial charge in [-0.2, -0.15) is 0 Å². The molecule has 1 aliphatic carbocycles. The van der Waals surface area contributed by atoms with Gasteiger partial charge in [-0.25, -0.2) is 4.98 Å². The van der Waals surface area contributed by atoms with Crippen molar-refractivity contribution in [2.45, 2.75) is 12.8 Å². The Morgan fingerprint density at radius 2 is 2.15 bits per heavy atom. The van der Waals surface area contributed by atoms with Crippen LogP contribution in [-0.2, 0) is 4.79 Å². The standard InChI is InChI=1S/C15H19N3OS/c1-17(2)9-10-18(14(19)11-7-8-11)15-16-12-5-3-4-6-13(12)20-15/h3-6,11H,7-10H2,1-2H3/p+1. The van der Waals surface area contributed by atoms with Crippen molar-refractivity contribution in [2.75, 3.05) is 32.1 Å². The van der Waals surface area contributed by atoms with E-state index < -0.39 is 0 Å². The molecule has 0 spiro atoms. The first-order valence-corrected chi connectivity index (χ1v) is 7.93. The van der Waals surface area contributed by atoms with Crippen molar-refractivity contribution in [1.82, 2.24) is 4.98 Å². The SMILES string of the molecule is C[NH+](C)CCN(C(=O)C1CC1)c1nc2ccccc2s1. The fourth-order valence-electron chi connectivity index (χ4n) is 2.16. The fraction of sp³-hybridized carbons (Fsp3) is 0.467. The van der Waals surface area contributed by atoms with Gasteiger partial charge in [0.15, 0.2) is 5.13 Å². The molecule has 0 unspecified atom stereocenters. The number of nitrogens with one attached hydrogen (secondary N) is 1. The van der Waals surface area contributed by atoms with Crippen molar-refractivity contribution in [3.63, 3.8) is 0 Å². The average Bonchev–Trinajstić information content (AvgIpc) is 3.18. The summed E-state index contributed by atoms with van der Waals surface area (Å²) in [6.45, 7) is 1.69. The molecule has 1 fully saturated rings. The third-order valence-corrected chi connectivity index (χ3v) is 4.60. The summed E-state index contributed by atoms with van der Waals surface area (Å²) in [4.78, 5) is 20.4. The average molecular weight is 290 g/mol. The molecule has 1 N–H and O–H groups in total. The van der Waals surface area contributed by atoms with Crippen molar-refractivity contribution in [3.05, 3.63) is 24.3 Å². The molecule has 20 heavy (non-hydrogen) atoms. The third-order valence-electron chi connectivity index (χ3n) is 3.54. The number of benzene rings is 1. The van der Waals surface area contributed by atoms with Crippen molar-refractivity contribution in [1.29, 1.82) is 0 Å². The lowest BCUT2D eigenvalue weighted by atomic mass is 10.3. The van der Waals surface area contributed by atoms with E-state index in [-0.39, 0.29) is 11.8 Å². The largest absolute Gasteiger partial charge is 0.338 e. The highest BCUT2D eigenvalue weighted by molar-refractivity contribution is 7.22. The second-order valence-corrected chi connectivity index (χ2v) is 6.69. The Hall–Kier alpha value is -1.46. The zero-order valence-corrected chi connectivity index (χ0v) is 12.7. The van der Waals surface area contributed by atoms with Gasteiger partial charge in [-0.1, -0.05) is 23.5 Å². The van der Waals surface area contributed by atoms with Crippen molar-refractivity contribution in [3.8, 4) is 0 Å². The van der Waals surface area contributed by atoms with Crippen LogP contribution in [0.1, 0.15) is 12.8 Å². The lowest BCUT2D eigenvalue weighted by Crippen LogP contribution is -3.06. The third kappa shape index (κ3) is 2.83. The molecule has 0 bridgehead atoms. The highest BCUT2D eigenvalue weighted by Gasteiger charge is 2.35. The molecule has 0 saturated heterocycles. The minimum atomic E-state index is 0.235. The predicted octanol–water partition coefficient (Wildman–Crippen LogP) is 1.18. The summed E-state index contributed by atoms with van der Waals surface area (Å²) in [7, 11) is 4.22. The van der Waals surface area contributed by atoms with Crippen LogP contribution >= 0.6 is 11.3 Å². The summed E-state index contributed by atoms with van der Waals surface area (Å²) in [5.41, 5.74) is 0.985. The maximum Gasteiger partial charge on any atom is 0.232 e. The number of thiazole rings is 1. The predicted molar refractivity (Wildman–Crippen MR) is 82.4 cm³/mol. The fourth-order valence-corrected chi connectivity index (χ4v) is 3.16. The van der Waals surface area contributed by atoms with Crippen molar-refractivity contribution >= 4 is 32.6 Å². The number of fused-ring (bicyclic) bond motifs is 1. The number of likely N-dealkylation sites (N-methyl/N-ethyl adjacent to an activating group) is 1. The van der Waals surface area contributed by atoms with Gasteiger partial charge in [0.25, 0.3) is 0 Å². The van der Waals surface area contributed by atoms with Gasteiger partial charge in [0.2, 0.25) is 5.91 Å². The van der Waals surface area contributed by atoms with Crippen LogP contribution in [0.5, 0.6) is 0 Å².